The zero-order valence-corrected chi connectivity index (χ0v) is 13.5. The molecule has 0 aliphatic carbocycles. The highest BCUT2D eigenvalue weighted by Crippen LogP contribution is 2.35. The Labute approximate surface area is 138 Å². The number of hydrogen-bond acceptors (Lipinski definition) is 6. The first kappa shape index (κ1) is 15.1. The molecule has 0 atom stereocenters. The Morgan fingerprint density at radius 3 is 2.70 bits per heavy atom. The molecule has 0 aliphatic rings. The fourth-order valence-corrected chi connectivity index (χ4v) is 2.48. The van der Waals surface area contributed by atoms with E-state index in [1.54, 1.807) is 17.1 Å². The number of anilines is 4. The van der Waals surface area contributed by atoms with Crippen LogP contribution < -0.4 is 16.8 Å². The Bertz CT molecular complexity index is 872. The van der Waals surface area contributed by atoms with Gasteiger partial charge in [0.2, 0.25) is 5.95 Å². The molecule has 23 heavy (non-hydrogen) atoms. The fraction of sp³-hybridized carbons (Fsp3) is 0.133. The van der Waals surface area contributed by atoms with Crippen molar-refractivity contribution in [2.75, 3.05) is 16.8 Å². The van der Waals surface area contributed by atoms with Crippen LogP contribution in [0.4, 0.5) is 23.1 Å². The van der Waals surface area contributed by atoms with Crippen molar-refractivity contribution in [1.29, 1.82) is 0 Å². The van der Waals surface area contributed by atoms with Crippen molar-refractivity contribution < 1.29 is 0 Å². The fourth-order valence-electron chi connectivity index (χ4n) is 2.24. The third-order valence-corrected chi connectivity index (χ3v) is 3.71. The van der Waals surface area contributed by atoms with Gasteiger partial charge in [-0.25, -0.2) is 4.98 Å². The highest BCUT2D eigenvalue weighted by Gasteiger charge is 2.16. The predicted molar refractivity (Wildman–Crippen MR) is 92.5 cm³/mol. The van der Waals surface area contributed by atoms with Gasteiger partial charge in [0, 0.05) is 24.5 Å². The Hall–Kier alpha value is -2.80. The molecule has 3 rings (SSSR count). The van der Waals surface area contributed by atoms with Gasteiger partial charge in [0.1, 0.15) is 5.02 Å². The van der Waals surface area contributed by atoms with Crippen LogP contribution in [0, 0.1) is 6.92 Å². The van der Waals surface area contributed by atoms with E-state index in [2.05, 4.69) is 20.4 Å². The van der Waals surface area contributed by atoms with E-state index in [0.717, 1.165) is 16.8 Å². The number of halogens is 1. The molecule has 0 amide bonds. The van der Waals surface area contributed by atoms with Crippen molar-refractivity contribution in [1.82, 2.24) is 19.7 Å². The van der Waals surface area contributed by atoms with E-state index in [9.17, 15) is 0 Å². The van der Waals surface area contributed by atoms with Crippen molar-refractivity contribution in [2.24, 2.45) is 7.05 Å². The topological polar surface area (TPSA) is 108 Å². The van der Waals surface area contributed by atoms with Crippen molar-refractivity contribution in [2.45, 2.75) is 6.92 Å². The molecule has 0 saturated carbocycles. The lowest BCUT2D eigenvalue weighted by Crippen LogP contribution is -2.03. The van der Waals surface area contributed by atoms with Gasteiger partial charge >= 0.3 is 0 Å². The molecular formula is C15H16ClN7. The van der Waals surface area contributed by atoms with Crippen LogP contribution >= 0.6 is 11.6 Å². The van der Waals surface area contributed by atoms with Gasteiger partial charge in [0.25, 0.3) is 0 Å². The summed E-state index contributed by atoms with van der Waals surface area (Å²) in [7, 11) is 1.82. The third kappa shape index (κ3) is 3.04. The largest absolute Gasteiger partial charge is 0.399 e. The predicted octanol–water partition coefficient (Wildman–Crippen LogP) is 2.75. The molecule has 7 nitrogen and oxygen atoms in total. The monoisotopic (exact) mass is 329 g/mol. The van der Waals surface area contributed by atoms with Crippen molar-refractivity contribution in [3.05, 3.63) is 41.2 Å². The summed E-state index contributed by atoms with van der Waals surface area (Å²) in [6.45, 7) is 1.96. The summed E-state index contributed by atoms with van der Waals surface area (Å²) in [5.74, 6) is 0.543. The number of hydrogen-bond donors (Lipinski definition) is 3. The van der Waals surface area contributed by atoms with Gasteiger partial charge in [-0.2, -0.15) is 10.1 Å². The molecule has 0 spiro atoms. The summed E-state index contributed by atoms with van der Waals surface area (Å²) >= 11 is 6.49. The molecule has 0 unspecified atom stereocenters. The minimum atomic E-state index is 0.123. The van der Waals surface area contributed by atoms with Crippen LogP contribution in [-0.2, 0) is 7.05 Å². The van der Waals surface area contributed by atoms with Gasteiger partial charge in [-0.15, -0.1) is 0 Å². The van der Waals surface area contributed by atoms with Gasteiger partial charge in [-0.05, 0) is 24.6 Å². The van der Waals surface area contributed by atoms with Crippen LogP contribution in [0.1, 0.15) is 5.56 Å². The lowest BCUT2D eigenvalue weighted by molar-refractivity contribution is 0.768. The smallest absolute Gasteiger partial charge is 0.222 e. The zero-order chi connectivity index (χ0) is 16.6. The molecule has 3 aromatic rings. The summed E-state index contributed by atoms with van der Waals surface area (Å²) in [6, 6.07) is 5.55. The molecule has 0 bridgehead atoms. The number of benzene rings is 1. The molecule has 2 heterocycles. The van der Waals surface area contributed by atoms with Crippen LogP contribution in [0.3, 0.4) is 0 Å². The summed E-state index contributed by atoms with van der Waals surface area (Å²) in [4.78, 5) is 8.44. The standard InChI is InChI=1S/C15H16ClN7/c1-8-3-4-9(17)5-11(8)13-12(16)14(22-15(18)21-13)20-10-6-19-23(2)7-10/h3-7H,17H2,1-2H3,(H3,18,20,21,22). The van der Waals surface area contributed by atoms with Crippen LogP contribution in [0.2, 0.25) is 5.02 Å². The molecule has 2 aromatic heterocycles. The highest BCUT2D eigenvalue weighted by molar-refractivity contribution is 6.35. The van der Waals surface area contributed by atoms with Crippen LogP contribution in [0.25, 0.3) is 11.3 Å². The SMILES string of the molecule is Cc1ccc(N)cc1-c1nc(N)nc(Nc2cnn(C)c2)c1Cl. The van der Waals surface area contributed by atoms with E-state index in [1.165, 1.54) is 0 Å². The normalized spacial score (nSPS) is 10.7. The number of nitrogen functional groups attached to an aromatic ring is 2. The summed E-state index contributed by atoms with van der Waals surface area (Å²) < 4.78 is 1.67. The maximum atomic E-state index is 6.49. The number of nitrogens with zero attached hydrogens (tertiary/aromatic N) is 4. The zero-order valence-electron chi connectivity index (χ0n) is 12.7. The molecule has 0 radical (unpaired) electrons. The first-order chi connectivity index (χ1) is 10.9. The average Bonchev–Trinajstić information content (AvgIpc) is 2.90. The minimum Gasteiger partial charge on any atom is -0.399 e. The lowest BCUT2D eigenvalue weighted by atomic mass is 10.0. The Balaban J connectivity index is 2.10. The van der Waals surface area contributed by atoms with Crippen LogP contribution in [-0.4, -0.2) is 19.7 Å². The Kier molecular flexibility index (Phi) is 3.79. The van der Waals surface area contributed by atoms with Crippen molar-refractivity contribution in [3.8, 4) is 11.3 Å². The van der Waals surface area contributed by atoms with Gasteiger partial charge in [0.05, 0.1) is 17.6 Å². The molecular weight excluding hydrogens is 314 g/mol. The van der Waals surface area contributed by atoms with Crippen molar-refractivity contribution >= 4 is 34.7 Å². The summed E-state index contributed by atoms with van der Waals surface area (Å²) in [5, 5.41) is 7.56. The molecule has 0 saturated heterocycles. The van der Waals surface area contributed by atoms with Gasteiger partial charge < -0.3 is 16.8 Å². The first-order valence-corrected chi connectivity index (χ1v) is 7.27. The van der Waals surface area contributed by atoms with Crippen LogP contribution in [0.5, 0.6) is 0 Å². The molecule has 1 aromatic carbocycles. The Morgan fingerprint density at radius 1 is 1.22 bits per heavy atom. The average molecular weight is 330 g/mol. The van der Waals surface area contributed by atoms with Crippen LogP contribution in [0.15, 0.2) is 30.6 Å². The maximum Gasteiger partial charge on any atom is 0.222 e. The Morgan fingerprint density at radius 2 is 2.00 bits per heavy atom. The van der Waals surface area contributed by atoms with E-state index >= 15 is 0 Å². The quantitative estimate of drug-likeness (QED) is 0.638. The maximum absolute atomic E-state index is 6.49. The highest BCUT2D eigenvalue weighted by atomic mass is 35.5. The second-order valence-corrected chi connectivity index (χ2v) is 5.57. The number of nitrogens with two attached hydrogens (primary N) is 2. The molecule has 8 heteroatoms. The second-order valence-electron chi connectivity index (χ2n) is 5.20. The molecule has 5 N–H and O–H groups in total. The van der Waals surface area contributed by atoms with Crippen molar-refractivity contribution in [3.63, 3.8) is 0 Å². The second kappa shape index (κ2) is 5.77. The van der Waals surface area contributed by atoms with Gasteiger partial charge in [-0.3, -0.25) is 4.68 Å². The van der Waals surface area contributed by atoms with E-state index in [-0.39, 0.29) is 5.95 Å². The van der Waals surface area contributed by atoms with E-state index < -0.39 is 0 Å². The lowest BCUT2D eigenvalue weighted by Gasteiger charge is -2.12. The molecule has 0 aliphatic heterocycles. The third-order valence-electron chi connectivity index (χ3n) is 3.35. The number of rotatable bonds is 3. The van der Waals surface area contributed by atoms with Gasteiger partial charge in [-0.1, -0.05) is 17.7 Å². The number of aryl methyl sites for hydroxylation is 2. The minimum absolute atomic E-state index is 0.123. The van der Waals surface area contributed by atoms with Gasteiger partial charge in [0.15, 0.2) is 5.82 Å². The summed E-state index contributed by atoms with van der Waals surface area (Å²) in [5.41, 5.74) is 15.4. The van der Waals surface area contributed by atoms with E-state index in [4.69, 9.17) is 23.1 Å². The van der Waals surface area contributed by atoms with E-state index in [1.807, 2.05) is 32.2 Å². The molecule has 0 fully saturated rings. The molecule has 118 valence electrons. The number of nitrogens with one attached hydrogen (secondary N) is 1. The van der Waals surface area contributed by atoms with E-state index in [0.29, 0.717) is 22.2 Å². The number of aromatic nitrogens is 4. The summed E-state index contributed by atoms with van der Waals surface area (Å²) in [6.07, 6.45) is 3.47. The first-order valence-electron chi connectivity index (χ1n) is 6.89.